The maximum absolute atomic E-state index is 5.70. The van der Waals surface area contributed by atoms with E-state index < -0.39 is 0 Å². The maximum Gasteiger partial charge on any atom is 0.191 e. The summed E-state index contributed by atoms with van der Waals surface area (Å²) in [7, 11) is 0. The number of benzene rings is 1. The van der Waals surface area contributed by atoms with Crippen LogP contribution in [0.5, 0.6) is 0 Å². The standard InChI is InChI=1S/C22H36N4O/c1-3-23-22(25-16-21-9-6-14-27-21)24-15-19-7-4-5-8-20(19)17-26-12-10-18(2)11-13-26/h4-5,7-8,18,21H,3,6,9-17H2,1-2H3,(H2,23,24,25). The first-order valence-corrected chi connectivity index (χ1v) is 10.7. The number of rotatable bonds is 7. The van der Waals surface area contributed by atoms with Gasteiger partial charge in [-0.15, -0.1) is 0 Å². The van der Waals surface area contributed by atoms with Crippen LogP contribution in [0.3, 0.4) is 0 Å². The molecule has 2 fully saturated rings. The number of nitrogens with zero attached hydrogens (tertiary/aromatic N) is 2. The average Bonchev–Trinajstić information content (AvgIpc) is 3.20. The van der Waals surface area contributed by atoms with Crippen molar-refractivity contribution >= 4 is 5.96 Å². The van der Waals surface area contributed by atoms with Crippen molar-refractivity contribution in [3.05, 3.63) is 35.4 Å². The Hall–Kier alpha value is -1.59. The molecule has 1 atom stereocenters. The van der Waals surface area contributed by atoms with Crippen LogP contribution in [-0.4, -0.2) is 49.7 Å². The van der Waals surface area contributed by atoms with Gasteiger partial charge in [-0.2, -0.15) is 0 Å². The third kappa shape index (κ3) is 6.51. The van der Waals surface area contributed by atoms with Crippen molar-refractivity contribution in [3.8, 4) is 0 Å². The Morgan fingerprint density at radius 2 is 1.93 bits per heavy atom. The highest BCUT2D eigenvalue weighted by Gasteiger charge is 2.17. The van der Waals surface area contributed by atoms with Gasteiger partial charge in [0, 0.05) is 26.2 Å². The molecule has 0 amide bonds. The van der Waals surface area contributed by atoms with Crippen LogP contribution in [0.15, 0.2) is 29.3 Å². The summed E-state index contributed by atoms with van der Waals surface area (Å²) >= 11 is 0. The molecule has 27 heavy (non-hydrogen) atoms. The topological polar surface area (TPSA) is 48.9 Å². The van der Waals surface area contributed by atoms with Crippen LogP contribution in [-0.2, 0) is 17.8 Å². The summed E-state index contributed by atoms with van der Waals surface area (Å²) in [5.74, 6) is 1.76. The number of aliphatic imine (C=N–C) groups is 1. The number of hydrogen-bond donors (Lipinski definition) is 2. The van der Waals surface area contributed by atoms with Crippen molar-refractivity contribution in [1.82, 2.24) is 15.5 Å². The lowest BCUT2D eigenvalue weighted by molar-refractivity contribution is 0.114. The first kappa shape index (κ1) is 20.2. The normalized spacial score (nSPS) is 22.1. The van der Waals surface area contributed by atoms with Gasteiger partial charge in [-0.3, -0.25) is 4.90 Å². The molecule has 2 aliphatic heterocycles. The van der Waals surface area contributed by atoms with Crippen LogP contribution in [0.1, 0.15) is 50.7 Å². The summed E-state index contributed by atoms with van der Waals surface area (Å²) in [5, 5.41) is 6.80. The van der Waals surface area contributed by atoms with Gasteiger partial charge in [0.25, 0.3) is 0 Å². The van der Waals surface area contributed by atoms with Gasteiger partial charge >= 0.3 is 0 Å². The first-order chi connectivity index (χ1) is 13.2. The van der Waals surface area contributed by atoms with E-state index >= 15 is 0 Å². The number of nitrogens with one attached hydrogen (secondary N) is 2. The molecule has 0 spiro atoms. The molecule has 5 heteroatoms. The fourth-order valence-corrected chi connectivity index (χ4v) is 3.85. The molecule has 2 N–H and O–H groups in total. The summed E-state index contributed by atoms with van der Waals surface area (Å²) < 4.78 is 5.70. The van der Waals surface area contributed by atoms with Gasteiger partial charge in [-0.05, 0) is 62.7 Å². The monoisotopic (exact) mass is 372 g/mol. The summed E-state index contributed by atoms with van der Waals surface area (Å²) in [6, 6.07) is 8.75. The molecule has 1 unspecified atom stereocenters. The number of likely N-dealkylation sites (tertiary alicyclic amines) is 1. The van der Waals surface area contributed by atoms with E-state index in [0.29, 0.717) is 12.6 Å². The molecule has 0 radical (unpaired) electrons. The second-order valence-corrected chi connectivity index (χ2v) is 7.94. The van der Waals surface area contributed by atoms with Crippen molar-refractivity contribution in [2.24, 2.45) is 10.9 Å². The van der Waals surface area contributed by atoms with E-state index in [1.54, 1.807) is 0 Å². The second-order valence-electron chi connectivity index (χ2n) is 7.94. The van der Waals surface area contributed by atoms with Crippen LogP contribution in [0.25, 0.3) is 0 Å². The van der Waals surface area contributed by atoms with Crippen molar-refractivity contribution in [2.45, 2.75) is 58.7 Å². The largest absolute Gasteiger partial charge is 0.376 e. The molecule has 0 bridgehead atoms. The van der Waals surface area contributed by atoms with E-state index in [2.05, 4.69) is 53.6 Å². The van der Waals surface area contributed by atoms with Crippen molar-refractivity contribution in [3.63, 3.8) is 0 Å². The van der Waals surface area contributed by atoms with Crippen molar-refractivity contribution < 1.29 is 4.74 Å². The van der Waals surface area contributed by atoms with Crippen LogP contribution in [0.4, 0.5) is 0 Å². The summed E-state index contributed by atoms with van der Waals surface area (Å²) in [6.45, 7) is 11.2. The zero-order chi connectivity index (χ0) is 18.9. The van der Waals surface area contributed by atoms with Crippen LogP contribution < -0.4 is 10.6 Å². The zero-order valence-electron chi connectivity index (χ0n) is 17.0. The molecular formula is C22H36N4O. The van der Waals surface area contributed by atoms with Gasteiger partial charge in [0.15, 0.2) is 5.96 Å². The maximum atomic E-state index is 5.70. The Bertz CT molecular complexity index is 590. The third-order valence-corrected chi connectivity index (χ3v) is 5.66. The molecule has 2 heterocycles. The molecule has 0 aliphatic carbocycles. The highest BCUT2D eigenvalue weighted by atomic mass is 16.5. The van der Waals surface area contributed by atoms with Gasteiger partial charge < -0.3 is 15.4 Å². The number of ether oxygens (including phenoxy) is 1. The minimum atomic E-state index is 0.322. The molecule has 0 aromatic heterocycles. The molecular weight excluding hydrogens is 336 g/mol. The smallest absolute Gasteiger partial charge is 0.191 e. The number of guanidine groups is 1. The van der Waals surface area contributed by atoms with E-state index in [4.69, 9.17) is 9.73 Å². The molecule has 3 rings (SSSR count). The van der Waals surface area contributed by atoms with E-state index in [1.807, 2.05) is 0 Å². The van der Waals surface area contributed by atoms with Gasteiger partial charge in [-0.1, -0.05) is 31.2 Å². The van der Waals surface area contributed by atoms with E-state index in [1.165, 1.54) is 43.5 Å². The van der Waals surface area contributed by atoms with E-state index in [0.717, 1.165) is 44.5 Å². The van der Waals surface area contributed by atoms with E-state index in [-0.39, 0.29) is 0 Å². The van der Waals surface area contributed by atoms with Gasteiger partial charge in [0.2, 0.25) is 0 Å². The lowest BCUT2D eigenvalue weighted by atomic mass is 9.98. The average molecular weight is 373 g/mol. The minimum absolute atomic E-state index is 0.322. The lowest BCUT2D eigenvalue weighted by Gasteiger charge is -2.30. The Morgan fingerprint density at radius 3 is 2.63 bits per heavy atom. The molecule has 2 saturated heterocycles. The van der Waals surface area contributed by atoms with Crippen LogP contribution in [0.2, 0.25) is 0 Å². The molecule has 2 aliphatic rings. The van der Waals surface area contributed by atoms with Crippen molar-refractivity contribution in [1.29, 1.82) is 0 Å². The lowest BCUT2D eigenvalue weighted by Crippen LogP contribution is -2.41. The van der Waals surface area contributed by atoms with Crippen LogP contribution in [0, 0.1) is 5.92 Å². The Morgan fingerprint density at radius 1 is 1.15 bits per heavy atom. The Kier molecular flexibility index (Phi) is 7.96. The molecule has 1 aromatic carbocycles. The van der Waals surface area contributed by atoms with Gasteiger partial charge in [0.1, 0.15) is 0 Å². The summed E-state index contributed by atoms with van der Waals surface area (Å²) in [4.78, 5) is 7.42. The molecule has 150 valence electrons. The predicted octanol–water partition coefficient (Wildman–Crippen LogP) is 3.15. The fourth-order valence-electron chi connectivity index (χ4n) is 3.85. The van der Waals surface area contributed by atoms with Crippen molar-refractivity contribution in [2.75, 3.05) is 32.8 Å². The molecule has 0 saturated carbocycles. The third-order valence-electron chi connectivity index (χ3n) is 5.66. The van der Waals surface area contributed by atoms with E-state index in [9.17, 15) is 0 Å². The predicted molar refractivity (Wildman–Crippen MR) is 112 cm³/mol. The molecule has 5 nitrogen and oxygen atoms in total. The summed E-state index contributed by atoms with van der Waals surface area (Å²) in [6.07, 6.45) is 5.27. The number of hydrogen-bond acceptors (Lipinski definition) is 3. The first-order valence-electron chi connectivity index (χ1n) is 10.7. The van der Waals surface area contributed by atoms with Gasteiger partial charge in [-0.25, -0.2) is 4.99 Å². The fraction of sp³-hybridized carbons (Fsp3) is 0.682. The van der Waals surface area contributed by atoms with Gasteiger partial charge in [0.05, 0.1) is 12.6 Å². The number of piperidine rings is 1. The quantitative estimate of drug-likeness (QED) is 0.570. The summed E-state index contributed by atoms with van der Waals surface area (Å²) in [5.41, 5.74) is 2.73. The SMILES string of the molecule is CCNC(=NCc1ccccc1CN1CCC(C)CC1)NCC1CCCO1. The molecule has 1 aromatic rings. The highest BCUT2D eigenvalue weighted by molar-refractivity contribution is 5.79. The highest BCUT2D eigenvalue weighted by Crippen LogP contribution is 2.20. The Balaban J connectivity index is 1.58. The second kappa shape index (κ2) is 10.7. The minimum Gasteiger partial charge on any atom is -0.376 e. The van der Waals surface area contributed by atoms with Crippen LogP contribution >= 0.6 is 0 Å². The Labute approximate surface area is 164 Å². The zero-order valence-corrected chi connectivity index (χ0v) is 17.0.